The first-order valence-corrected chi connectivity index (χ1v) is 6.26. The van der Waals surface area contributed by atoms with Gasteiger partial charge >= 0.3 is 0 Å². The van der Waals surface area contributed by atoms with Gasteiger partial charge in [0.2, 0.25) is 5.50 Å². The topological polar surface area (TPSA) is 42.5 Å². The highest BCUT2D eigenvalue weighted by Crippen LogP contribution is 2.36. The minimum absolute atomic E-state index is 0.00698. The van der Waals surface area contributed by atoms with E-state index in [1.165, 1.54) is 0 Å². The van der Waals surface area contributed by atoms with E-state index in [1.54, 1.807) is 11.8 Å². The molecule has 16 heavy (non-hydrogen) atoms. The van der Waals surface area contributed by atoms with Gasteiger partial charge in [0, 0.05) is 11.6 Å². The van der Waals surface area contributed by atoms with Crippen molar-refractivity contribution in [3.63, 3.8) is 0 Å². The van der Waals surface area contributed by atoms with Crippen LogP contribution in [-0.2, 0) is 0 Å². The SMILES string of the molecule is CSC1N=Nc2cc(-c3ccccc3)nn21. The molecule has 0 saturated heterocycles. The molecule has 1 atom stereocenters. The molecule has 1 aromatic heterocycles. The van der Waals surface area contributed by atoms with Gasteiger partial charge in [-0.05, 0) is 6.26 Å². The fraction of sp³-hybridized carbons (Fsp3) is 0.182. The highest BCUT2D eigenvalue weighted by Gasteiger charge is 2.21. The van der Waals surface area contributed by atoms with Gasteiger partial charge in [0.05, 0.1) is 5.69 Å². The normalized spacial score (nSPS) is 17.7. The third-order valence-corrected chi connectivity index (χ3v) is 3.18. The smallest absolute Gasteiger partial charge is 0.209 e. The maximum Gasteiger partial charge on any atom is 0.210 e. The molecule has 0 radical (unpaired) electrons. The van der Waals surface area contributed by atoms with Crippen LogP contribution in [0.4, 0.5) is 5.82 Å². The number of benzene rings is 1. The van der Waals surface area contributed by atoms with Crippen LogP contribution in [0.3, 0.4) is 0 Å². The summed E-state index contributed by atoms with van der Waals surface area (Å²) < 4.78 is 1.85. The van der Waals surface area contributed by atoms with Gasteiger partial charge in [0.15, 0.2) is 5.82 Å². The standard InChI is InChI=1S/C11H10N4S/c1-16-11-13-12-10-7-9(14-15(10)11)8-5-3-2-4-6-8/h2-7,11H,1H3. The third-order valence-electron chi connectivity index (χ3n) is 2.46. The number of nitrogens with zero attached hydrogens (tertiary/aromatic N) is 4. The van der Waals surface area contributed by atoms with Crippen LogP contribution in [0, 0.1) is 0 Å². The fourth-order valence-electron chi connectivity index (χ4n) is 1.68. The van der Waals surface area contributed by atoms with Crippen molar-refractivity contribution in [1.29, 1.82) is 0 Å². The number of azo groups is 1. The minimum Gasteiger partial charge on any atom is -0.209 e. The average molecular weight is 230 g/mol. The van der Waals surface area contributed by atoms with Crippen LogP contribution in [0.2, 0.25) is 0 Å². The Morgan fingerprint density at radius 1 is 1.25 bits per heavy atom. The van der Waals surface area contributed by atoms with E-state index in [2.05, 4.69) is 15.3 Å². The number of hydrogen-bond donors (Lipinski definition) is 0. The molecule has 1 aliphatic heterocycles. The molecule has 0 amide bonds. The minimum atomic E-state index is -0.00698. The van der Waals surface area contributed by atoms with Crippen molar-refractivity contribution in [3.8, 4) is 11.3 Å². The van der Waals surface area contributed by atoms with Crippen molar-refractivity contribution in [1.82, 2.24) is 9.78 Å². The summed E-state index contributed by atoms with van der Waals surface area (Å²) in [5, 5.41) is 12.7. The fourth-order valence-corrected chi connectivity index (χ4v) is 2.17. The van der Waals surface area contributed by atoms with E-state index >= 15 is 0 Å². The van der Waals surface area contributed by atoms with Crippen LogP contribution in [0.15, 0.2) is 46.6 Å². The Labute approximate surface area is 97.4 Å². The van der Waals surface area contributed by atoms with Gasteiger partial charge in [-0.2, -0.15) is 5.10 Å². The summed E-state index contributed by atoms with van der Waals surface area (Å²) in [6.07, 6.45) is 2.00. The highest BCUT2D eigenvalue weighted by atomic mass is 32.2. The maximum absolute atomic E-state index is 4.52. The molecule has 2 heterocycles. The van der Waals surface area contributed by atoms with Crippen molar-refractivity contribution >= 4 is 17.6 Å². The van der Waals surface area contributed by atoms with Crippen molar-refractivity contribution in [2.75, 3.05) is 6.26 Å². The quantitative estimate of drug-likeness (QED) is 0.792. The second kappa shape index (κ2) is 3.75. The molecule has 0 bridgehead atoms. The summed E-state index contributed by atoms with van der Waals surface area (Å²) in [5.41, 5.74) is 2.06. The van der Waals surface area contributed by atoms with Crippen LogP contribution in [-0.4, -0.2) is 16.0 Å². The zero-order valence-corrected chi connectivity index (χ0v) is 9.56. The lowest BCUT2D eigenvalue weighted by Crippen LogP contribution is -1.99. The maximum atomic E-state index is 4.52. The molecule has 3 rings (SSSR count). The van der Waals surface area contributed by atoms with E-state index < -0.39 is 0 Å². The van der Waals surface area contributed by atoms with Gasteiger partial charge < -0.3 is 0 Å². The number of hydrogen-bond acceptors (Lipinski definition) is 4. The molecule has 1 unspecified atom stereocenters. The summed E-state index contributed by atoms with van der Waals surface area (Å²) in [5.74, 6) is 0.832. The Kier molecular flexibility index (Phi) is 2.25. The second-order valence-electron chi connectivity index (χ2n) is 3.48. The van der Waals surface area contributed by atoms with Crippen molar-refractivity contribution in [2.45, 2.75) is 5.50 Å². The monoisotopic (exact) mass is 230 g/mol. The molecule has 0 N–H and O–H groups in total. The molecule has 1 aromatic carbocycles. The number of thioether (sulfide) groups is 1. The Morgan fingerprint density at radius 2 is 2.06 bits per heavy atom. The summed E-state index contributed by atoms with van der Waals surface area (Å²) in [4.78, 5) is 0. The first kappa shape index (κ1) is 9.59. The summed E-state index contributed by atoms with van der Waals surface area (Å²) in [6, 6.07) is 12.1. The largest absolute Gasteiger partial charge is 0.210 e. The summed E-state index contributed by atoms with van der Waals surface area (Å²) >= 11 is 1.62. The predicted molar refractivity (Wildman–Crippen MR) is 64.7 cm³/mol. The number of fused-ring (bicyclic) bond motifs is 1. The summed E-state index contributed by atoms with van der Waals surface area (Å²) in [6.45, 7) is 0. The molecular formula is C11H10N4S. The first-order valence-electron chi connectivity index (χ1n) is 4.97. The first-order chi connectivity index (χ1) is 7.88. The molecule has 1 aliphatic rings. The lowest BCUT2D eigenvalue weighted by molar-refractivity contribution is 0.659. The van der Waals surface area contributed by atoms with Crippen LogP contribution >= 0.6 is 11.8 Å². The van der Waals surface area contributed by atoms with Crippen molar-refractivity contribution < 1.29 is 0 Å². The molecule has 80 valence electrons. The Hall–Kier alpha value is -1.62. The van der Waals surface area contributed by atoms with Gasteiger partial charge in [-0.15, -0.1) is 22.0 Å². The zero-order valence-electron chi connectivity index (χ0n) is 8.74. The lowest BCUT2D eigenvalue weighted by Gasteiger charge is -2.02. The van der Waals surface area contributed by atoms with Crippen LogP contribution in [0.1, 0.15) is 5.50 Å². The molecule has 4 nitrogen and oxygen atoms in total. The Morgan fingerprint density at radius 3 is 2.81 bits per heavy atom. The molecular weight excluding hydrogens is 220 g/mol. The molecule has 5 heteroatoms. The summed E-state index contributed by atoms with van der Waals surface area (Å²) in [7, 11) is 0. The average Bonchev–Trinajstić information content (AvgIpc) is 2.89. The highest BCUT2D eigenvalue weighted by molar-refractivity contribution is 7.98. The molecule has 0 saturated carbocycles. The Bertz CT molecular complexity index is 532. The van der Waals surface area contributed by atoms with Gasteiger partial charge in [-0.3, -0.25) is 0 Å². The molecule has 0 aliphatic carbocycles. The van der Waals surface area contributed by atoms with Gasteiger partial charge in [0.1, 0.15) is 0 Å². The van der Waals surface area contributed by atoms with E-state index in [-0.39, 0.29) is 5.50 Å². The Balaban J connectivity index is 2.04. The van der Waals surface area contributed by atoms with Crippen LogP contribution in [0.5, 0.6) is 0 Å². The van der Waals surface area contributed by atoms with E-state index in [0.717, 1.165) is 17.1 Å². The van der Waals surface area contributed by atoms with E-state index in [0.29, 0.717) is 0 Å². The molecule has 0 fully saturated rings. The predicted octanol–water partition coefficient (Wildman–Crippen LogP) is 3.47. The lowest BCUT2D eigenvalue weighted by atomic mass is 10.2. The van der Waals surface area contributed by atoms with Crippen LogP contribution < -0.4 is 0 Å². The van der Waals surface area contributed by atoms with Gasteiger partial charge in [-0.25, -0.2) is 4.68 Å². The van der Waals surface area contributed by atoms with Gasteiger partial charge in [-0.1, -0.05) is 30.3 Å². The second-order valence-corrected chi connectivity index (χ2v) is 4.37. The van der Waals surface area contributed by atoms with E-state index in [9.17, 15) is 0 Å². The third kappa shape index (κ3) is 1.44. The van der Waals surface area contributed by atoms with E-state index in [1.807, 2.05) is 47.3 Å². The number of aromatic nitrogens is 2. The van der Waals surface area contributed by atoms with Gasteiger partial charge in [0.25, 0.3) is 0 Å². The molecule has 0 spiro atoms. The van der Waals surface area contributed by atoms with Crippen molar-refractivity contribution in [2.24, 2.45) is 10.2 Å². The molecule has 2 aromatic rings. The zero-order chi connectivity index (χ0) is 11.0. The van der Waals surface area contributed by atoms with E-state index in [4.69, 9.17) is 0 Å². The van der Waals surface area contributed by atoms with Crippen molar-refractivity contribution in [3.05, 3.63) is 36.4 Å². The van der Waals surface area contributed by atoms with Crippen LogP contribution in [0.25, 0.3) is 11.3 Å². The number of rotatable bonds is 2.